The molecule has 0 saturated carbocycles. The molecular weight excluding hydrogens is 188 g/mol. The second-order valence-corrected chi connectivity index (χ2v) is 3.26. The van der Waals surface area contributed by atoms with E-state index in [4.69, 9.17) is 5.73 Å². The summed E-state index contributed by atoms with van der Waals surface area (Å²) in [4.78, 5) is 0. The number of aromatic nitrogens is 2. The number of halogens is 2. The summed E-state index contributed by atoms with van der Waals surface area (Å²) in [5.41, 5.74) is 7.21. The van der Waals surface area contributed by atoms with Gasteiger partial charge in [0.15, 0.2) is 0 Å². The van der Waals surface area contributed by atoms with Gasteiger partial charge in [-0.1, -0.05) is 0 Å². The molecule has 1 unspecified atom stereocenters. The van der Waals surface area contributed by atoms with E-state index in [0.29, 0.717) is 17.8 Å². The lowest BCUT2D eigenvalue weighted by Crippen LogP contribution is -2.20. The average molecular weight is 203 g/mol. The molecule has 0 aliphatic carbocycles. The van der Waals surface area contributed by atoms with Gasteiger partial charge in [0.1, 0.15) is 0 Å². The van der Waals surface area contributed by atoms with Gasteiger partial charge in [0.2, 0.25) is 0 Å². The number of nitrogens with zero attached hydrogens (tertiary/aromatic N) is 2. The molecular formula is C9H15F2N3. The number of aryl methyl sites for hydroxylation is 2. The van der Waals surface area contributed by atoms with Gasteiger partial charge in [0.25, 0.3) is 6.43 Å². The molecule has 5 heteroatoms. The Balaban J connectivity index is 3.13. The van der Waals surface area contributed by atoms with Crippen molar-refractivity contribution in [3.8, 4) is 0 Å². The Morgan fingerprint density at radius 1 is 1.43 bits per heavy atom. The topological polar surface area (TPSA) is 43.8 Å². The van der Waals surface area contributed by atoms with Crippen LogP contribution in [0.15, 0.2) is 0 Å². The monoisotopic (exact) mass is 203 g/mol. The van der Waals surface area contributed by atoms with Gasteiger partial charge in [0, 0.05) is 17.8 Å². The summed E-state index contributed by atoms with van der Waals surface area (Å²) < 4.78 is 26.5. The van der Waals surface area contributed by atoms with Gasteiger partial charge in [-0.3, -0.25) is 4.68 Å². The van der Waals surface area contributed by atoms with Gasteiger partial charge < -0.3 is 5.73 Å². The van der Waals surface area contributed by atoms with Crippen LogP contribution in [0.4, 0.5) is 8.78 Å². The van der Waals surface area contributed by atoms with Crippen molar-refractivity contribution in [1.82, 2.24) is 9.78 Å². The third kappa shape index (κ3) is 1.77. The molecule has 14 heavy (non-hydrogen) atoms. The van der Waals surface area contributed by atoms with E-state index in [1.807, 2.05) is 6.92 Å². The van der Waals surface area contributed by atoms with Crippen molar-refractivity contribution in [1.29, 1.82) is 0 Å². The minimum Gasteiger partial charge on any atom is -0.319 e. The Labute approximate surface area is 81.9 Å². The van der Waals surface area contributed by atoms with Crippen LogP contribution in [0, 0.1) is 13.8 Å². The lowest BCUT2D eigenvalue weighted by molar-refractivity contribution is 0.116. The van der Waals surface area contributed by atoms with Crippen molar-refractivity contribution < 1.29 is 8.78 Å². The molecule has 0 saturated heterocycles. The quantitative estimate of drug-likeness (QED) is 0.813. The van der Waals surface area contributed by atoms with E-state index < -0.39 is 12.5 Å². The predicted octanol–water partition coefficient (Wildman–Crippen LogP) is 1.78. The largest absolute Gasteiger partial charge is 0.319 e. The summed E-state index contributed by atoms with van der Waals surface area (Å²) in [7, 11) is 0. The molecule has 0 spiro atoms. The van der Waals surface area contributed by atoms with Crippen LogP contribution < -0.4 is 5.73 Å². The zero-order chi connectivity index (χ0) is 10.9. The zero-order valence-corrected chi connectivity index (χ0v) is 8.59. The Morgan fingerprint density at radius 3 is 2.36 bits per heavy atom. The molecule has 0 aliphatic rings. The molecule has 1 atom stereocenters. The van der Waals surface area contributed by atoms with Crippen molar-refractivity contribution in [2.75, 3.05) is 0 Å². The van der Waals surface area contributed by atoms with Crippen molar-refractivity contribution in [2.45, 2.75) is 39.8 Å². The lowest BCUT2D eigenvalue weighted by atomic mass is 10.1. The van der Waals surface area contributed by atoms with Gasteiger partial charge in [-0.15, -0.1) is 0 Å². The molecule has 0 radical (unpaired) electrons. The molecule has 1 aromatic heterocycles. The molecule has 0 aliphatic heterocycles. The fraction of sp³-hybridized carbons (Fsp3) is 0.667. The van der Waals surface area contributed by atoms with Gasteiger partial charge in [0.05, 0.1) is 11.7 Å². The van der Waals surface area contributed by atoms with Crippen molar-refractivity contribution >= 4 is 0 Å². The van der Waals surface area contributed by atoms with Crippen LogP contribution in [0.5, 0.6) is 0 Å². The highest BCUT2D eigenvalue weighted by atomic mass is 19.3. The van der Waals surface area contributed by atoms with E-state index in [2.05, 4.69) is 5.10 Å². The molecule has 0 fully saturated rings. The van der Waals surface area contributed by atoms with E-state index in [9.17, 15) is 8.78 Å². The van der Waals surface area contributed by atoms with Crippen molar-refractivity contribution in [2.24, 2.45) is 5.73 Å². The highest BCUT2D eigenvalue weighted by Crippen LogP contribution is 2.24. The fourth-order valence-corrected chi connectivity index (χ4v) is 1.63. The van der Waals surface area contributed by atoms with Gasteiger partial charge in [-0.2, -0.15) is 5.10 Å². The maximum atomic E-state index is 12.4. The fourth-order valence-electron chi connectivity index (χ4n) is 1.63. The van der Waals surface area contributed by atoms with Crippen LogP contribution in [0.2, 0.25) is 0 Å². The maximum Gasteiger partial charge on any atom is 0.257 e. The third-order valence-corrected chi connectivity index (χ3v) is 2.34. The maximum absolute atomic E-state index is 12.4. The Bertz CT molecular complexity index is 320. The second-order valence-electron chi connectivity index (χ2n) is 3.26. The molecule has 3 nitrogen and oxygen atoms in total. The van der Waals surface area contributed by atoms with Crippen LogP contribution in [0.1, 0.15) is 29.9 Å². The Morgan fingerprint density at radius 2 is 2.00 bits per heavy atom. The van der Waals surface area contributed by atoms with Crippen LogP contribution in [-0.4, -0.2) is 16.2 Å². The molecule has 1 aromatic rings. The Kier molecular flexibility index (Phi) is 3.21. The number of alkyl halides is 2. The minimum absolute atomic E-state index is 0.474. The van der Waals surface area contributed by atoms with E-state index in [0.717, 1.165) is 5.69 Å². The van der Waals surface area contributed by atoms with Crippen LogP contribution in [-0.2, 0) is 6.54 Å². The summed E-state index contributed by atoms with van der Waals surface area (Å²) in [6, 6.07) is -1.23. The van der Waals surface area contributed by atoms with E-state index in [1.165, 1.54) is 0 Å². The zero-order valence-electron chi connectivity index (χ0n) is 8.59. The first-order valence-corrected chi connectivity index (χ1v) is 4.56. The van der Waals surface area contributed by atoms with E-state index in [1.54, 1.807) is 18.5 Å². The van der Waals surface area contributed by atoms with Crippen molar-refractivity contribution in [3.63, 3.8) is 0 Å². The Hall–Kier alpha value is -0.970. The average Bonchev–Trinajstić information content (AvgIpc) is 2.40. The predicted molar refractivity (Wildman–Crippen MR) is 50.3 cm³/mol. The summed E-state index contributed by atoms with van der Waals surface area (Å²) >= 11 is 0. The second kappa shape index (κ2) is 4.04. The van der Waals surface area contributed by atoms with Crippen LogP contribution in [0.3, 0.4) is 0 Å². The molecule has 0 bridgehead atoms. The van der Waals surface area contributed by atoms with Gasteiger partial charge in [-0.25, -0.2) is 8.78 Å². The summed E-state index contributed by atoms with van der Waals surface area (Å²) in [5.74, 6) is 0. The molecule has 80 valence electrons. The molecule has 1 heterocycles. The number of hydrogen-bond donors (Lipinski definition) is 1. The lowest BCUT2D eigenvalue weighted by Gasteiger charge is -2.11. The molecule has 0 aromatic carbocycles. The normalized spacial score (nSPS) is 13.6. The first-order valence-electron chi connectivity index (χ1n) is 4.56. The van der Waals surface area contributed by atoms with E-state index in [-0.39, 0.29) is 0 Å². The SMILES string of the molecule is CCn1nc(C)c(C(N)C(F)F)c1C. The number of hydrogen-bond acceptors (Lipinski definition) is 2. The first kappa shape index (κ1) is 11.1. The summed E-state index contributed by atoms with van der Waals surface area (Å²) in [5, 5.41) is 4.14. The highest BCUT2D eigenvalue weighted by Gasteiger charge is 2.24. The number of rotatable bonds is 3. The minimum atomic E-state index is -2.54. The van der Waals surface area contributed by atoms with Crippen molar-refractivity contribution in [3.05, 3.63) is 17.0 Å². The number of nitrogens with two attached hydrogens (primary N) is 1. The third-order valence-electron chi connectivity index (χ3n) is 2.34. The smallest absolute Gasteiger partial charge is 0.257 e. The molecule has 2 N–H and O–H groups in total. The van der Waals surface area contributed by atoms with Gasteiger partial charge in [-0.05, 0) is 20.8 Å². The van der Waals surface area contributed by atoms with Crippen LogP contribution in [0.25, 0.3) is 0 Å². The summed E-state index contributed by atoms with van der Waals surface area (Å²) in [6.07, 6.45) is -2.54. The van der Waals surface area contributed by atoms with Gasteiger partial charge >= 0.3 is 0 Å². The standard InChI is InChI=1S/C9H15F2N3/c1-4-14-6(3)7(5(2)13-14)8(12)9(10)11/h8-9H,4,12H2,1-3H3. The molecule has 1 rings (SSSR count). The summed E-state index contributed by atoms with van der Waals surface area (Å²) in [6.45, 7) is 6.05. The highest BCUT2D eigenvalue weighted by molar-refractivity contribution is 5.28. The molecule has 0 amide bonds. The first-order chi connectivity index (χ1) is 6.49. The van der Waals surface area contributed by atoms with E-state index >= 15 is 0 Å². The van der Waals surface area contributed by atoms with Crippen LogP contribution >= 0.6 is 0 Å².